The summed E-state index contributed by atoms with van der Waals surface area (Å²) in [5.74, 6) is -1.08. The van der Waals surface area contributed by atoms with E-state index in [4.69, 9.17) is 0 Å². The summed E-state index contributed by atoms with van der Waals surface area (Å²) in [6.07, 6.45) is 1.89. The summed E-state index contributed by atoms with van der Waals surface area (Å²) in [5, 5.41) is 6.30. The van der Waals surface area contributed by atoms with Crippen molar-refractivity contribution >= 4 is 30.1 Å². The summed E-state index contributed by atoms with van der Waals surface area (Å²) in [5.41, 5.74) is 1.67. The number of amides is 3. The van der Waals surface area contributed by atoms with Crippen LogP contribution in [0, 0.1) is 6.92 Å². The van der Waals surface area contributed by atoms with E-state index < -0.39 is 17.9 Å². The number of piperidine rings is 1. The molecule has 2 heterocycles. The van der Waals surface area contributed by atoms with Crippen LogP contribution in [0.15, 0.2) is 18.2 Å². The predicted octanol–water partition coefficient (Wildman–Crippen LogP) is 1.66. The Kier molecular flexibility index (Phi) is 5.85. The van der Waals surface area contributed by atoms with Gasteiger partial charge in [-0.1, -0.05) is 11.6 Å². The molecule has 3 amide bonds. The summed E-state index contributed by atoms with van der Waals surface area (Å²) < 4.78 is 0. The number of nitrogens with zero attached hydrogens (tertiary/aromatic N) is 1. The van der Waals surface area contributed by atoms with Gasteiger partial charge in [-0.25, -0.2) is 0 Å². The Balaban J connectivity index is 0.00000225. The number of rotatable bonds is 3. The van der Waals surface area contributed by atoms with Gasteiger partial charge < -0.3 is 10.6 Å². The fourth-order valence-electron chi connectivity index (χ4n) is 3.39. The number of benzene rings is 1. The highest BCUT2D eigenvalue weighted by Gasteiger charge is 2.41. The van der Waals surface area contributed by atoms with E-state index in [1.165, 1.54) is 0 Å². The summed E-state index contributed by atoms with van der Waals surface area (Å²) >= 11 is 0. The minimum absolute atomic E-state index is 0. The zero-order valence-electron chi connectivity index (χ0n) is 14.7. The topological polar surface area (TPSA) is 78.5 Å². The van der Waals surface area contributed by atoms with Gasteiger partial charge in [0.1, 0.15) is 6.04 Å². The zero-order valence-corrected chi connectivity index (χ0v) is 15.5. The third-order valence-corrected chi connectivity index (χ3v) is 4.93. The molecule has 0 aliphatic carbocycles. The molecule has 0 spiro atoms. The summed E-state index contributed by atoms with van der Waals surface area (Å²) in [4.78, 5) is 38.7. The molecule has 3 rings (SSSR count). The van der Waals surface area contributed by atoms with Gasteiger partial charge in [0.05, 0.1) is 11.1 Å². The maximum atomic E-state index is 12.6. The van der Waals surface area contributed by atoms with Crippen molar-refractivity contribution in [2.24, 2.45) is 0 Å². The number of hydrogen-bond donors (Lipinski definition) is 2. The zero-order chi connectivity index (χ0) is 17.4. The van der Waals surface area contributed by atoms with Crippen LogP contribution in [-0.4, -0.2) is 47.3 Å². The molecule has 2 aliphatic rings. The molecule has 0 bridgehead atoms. The lowest BCUT2D eigenvalue weighted by atomic mass is 9.99. The normalized spacial score (nSPS) is 23.7. The fourth-order valence-corrected chi connectivity index (χ4v) is 3.39. The first-order chi connectivity index (χ1) is 11.4. The van der Waals surface area contributed by atoms with E-state index in [2.05, 4.69) is 10.6 Å². The summed E-state index contributed by atoms with van der Waals surface area (Å²) in [7, 11) is 0. The second-order valence-corrected chi connectivity index (χ2v) is 6.71. The van der Waals surface area contributed by atoms with Crippen LogP contribution in [0.2, 0.25) is 0 Å². The van der Waals surface area contributed by atoms with Gasteiger partial charge in [0.25, 0.3) is 11.8 Å². The van der Waals surface area contributed by atoms with Crippen LogP contribution in [0.3, 0.4) is 0 Å². The second-order valence-electron chi connectivity index (χ2n) is 6.71. The number of imide groups is 1. The molecule has 136 valence electrons. The van der Waals surface area contributed by atoms with E-state index in [1.54, 1.807) is 25.1 Å². The van der Waals surface area contributed by atoms with Gasteiger partial charge in [0.2, 0.25) is 5.91 Å². The van der Waals surface area contributed by atoms with Crippen molar-refractivity contribution in [1.82, 2.24) is 15.5 Å². The number of nitrogens with one attached hydrogen (secondary N) is 2. The SMILES string of the molecule is Cc1ccc2c(c1)C(=O)N(C(C)C(=O)NC1CCCNC1C)C2=O.Cl. The first-order valence-electron chi connectivity index (χ1n) is 8.42. The molecular formula is C18H24ClN3O3. The molecule has 1 aromatic rings. The van der Waals surface area contributed by atoms with Crippen LogP contribution in [0.4, 0.5) is 0 Å². The fraction of sp³-hybridized carbons (Fsp3) is 0.500. The smallest absolute Gasteiger partial charge is 0.262 e. The number of carbonyl (C=O) groups excluding carboxylic acids is 3. The van der Waals surface area contributed by atoms with Crippen LogP contribution in [0.1, 0.15) is 53.0 Å². The second kappa shape index (κ2) is 7.54. The van der Waals surface area contributed by atoms with E-state index >= 15 is 0 Å². The first-order valence-corrected chi connectivity index (χ1v) is 8.42. The number of halogens is 1. The van der Waals surface area contributed by atoms with Crippen molar-refractivity contribution in [3.63, 3.8) is 0 Å². The van der Waals surface area contributed by atoms with Crippen LogP contribution in [0.25, 0.3) is 0 Å². The highest BCUT2D eigenvalue weighted by atomic mass is 35.5. The quantitative estimate of drug-likeness (QED) is 0.798. The molecule has 3 atom stereocenters. The number of fused-ring (bicyclic) bond motifs is 1. The summed E-state index contributed by atoms with van der Waals surface area (Å²) in [6, 6.07) is 4.53. The average Bonchev–Trinajstić information content (AvgIpc) is 2.79. The molecular weight excluding hydrogens is 342 g/mol. The number of aryl methyl sites for hydroxylation is 1. The van der Waals surface area contributed by atoms with Crippen LogP contribution in [0.5, 0.6) is 0 Å². The van der Waals surface area contributed by atoms with Crippen molar-refractivity contribution in [1.29, 1.82) is 0 Å². The van der Waals surface area contributed by atoms with Gasteiger partial charge in [-0.3, -0.25) is 19.3 Å². The molecule has 1 aromatic carbocycles. The standard InChI is InChI=1S/C18H23N3O3.ClH/c1-10-6-7-13-14(9-10)18(24)21(17(13)23)12(3)16(22)20-15-5-4-8-19-11(15)2;/h6-7,9,11-12,15,19H,4-5,8H2,1-3H3,(H,20,22);1H. The van der Waals surface area contributed by atoms with E-state index in [1.807, 2.05) is 13.8 Å². The van der Waals surface area contributed by atoms with E-state index in [0.717, 1.165) is 29.8 Å². The molecule has 2 aliphatic heterocycles. The average molecular weight is 366 g/mol. The number of hydrogen-bond acceptors (Lipinski definition) is 4. The molecule has 1 fully saturated rings. The van der Waals surface area contributed by atoms with Gasteiger partial charge in [-0.05, 0) is 52.3 Å². The Morgan fingerprint density at radius 3 is 2.64 bits per heavy atom. The highest BCUT2D eigenvalue weighted by molar-refractivity contribution is 6.22. The minimum Gasteiger partial charge on any atom is -0.350 e. The lowest BCUT2D eigenvalue weighted by Crippen LogP contribution is -2.56. The van der Waals surface area contributed by atoms with Crippen molar-refractivity contribution in [3.8, 4) is 0 Å². The van der Waals surface area contributed by atoms with Crippen molar-refractivity contribution in [2.45, 2.75) is 51.7 Å². The van der Waals surface area contributed by atoms with Gasteiger partial charge in [-0.2, -0.15) is 0 Å². The lowest BCUT2D eigenvalue weighted by molar-refractivity contribution is -0.125. The van der Waals surface area contributed by atoms with Gasteiger partial charge in [0, 0.05) is 12.1 Å². The van der Waals surface area contributed by atoms with E-state index in [9.17, 15) is 14.4 Å². The largest absolute Gasteiger partial charge is 0.350 e. The maximum Gasteiger partial charge on any atom is 0.262 e. The van der Waals surface area contributed by atoms with Crippen LogP contribution < -0.4 is 10.6 Å². The van der Waals surface area contributed by atoms with Crippen molar-refractivity contribution in [3.05, 3.63) is 34.9 Å². The van der Waals surface area contributed by atoms with E-state index in [-0.39, 0.29) is 30.4 Å². The van der Waals surface area contributed by atoms with Crippen LogP contribution >= 0.6 is 12.4 Å². The van der Waals surface area contributed by atoms with Gasteiger partial charge >= 0.3 is 0 Å². The molecule has 2 N–H and O–H groups in total. The Morgan fingerprint density at radius 1 is 1.28 bits per heavy atom. The summed E-state index contributed by atoms with van der Waals surface area (Å²) in [6.45, 7) is 6.44. The Bertz CT molecular complexity index is 707. The highest BCUT2D eigenvalue weighted by Crippen LogP contribution is 2.26. The molecule has 0 saturated carbocycles. The van der Waals surface area contributed by atoms with E-state index in [0.29, 0.717) is 11.1 Å². The Morgan fingerprint density at radius 2 is 1.96 bits per heavy atom. The third-order valence-electron chi connectivity index (χ3n) is 4.93. The molecule has 25 heavy (non-hydrogen) atoms. The molecule has 1 saturated heterocycles. The third kappa shape index (κ3) is 3.55. The molecule has 7 heteroatoms. The lowest BCUT2D eigenvalue weighted by Gasteiger charge is -2.32. The molecule has 3 unspecified atom stereocenters. The predicted molar refractivity (Wildman–Crippen MR) is 97.0 cm³/mol. The van der Waals surface area contributed by atoms with Gasteiger partial charge in [-0.15, -0.1) is 12.4 Å². The Labute approximate surface area is 153 Å². The number of carbonyl (C=O) groups is 3. The first kappa shape index (κ1) is 19.4. The van der Waals surface area contributed by atoms with Crippen molar-refractivity contribution < 1.29 is 14.4 Å². The molecule has 0 radical (unpaired) electrons. The van der Waals surface area contributed by atoms with Crippen molar-refractivity contribution in [2.75, 3.05) is 6.54 Å². The molecule has 6 nitrogen and oxygen atoms in total. The maximum absolute atomic E-state index is 12.6. The van der Waals surface area contributed by atoms with Gasteiger partial charge in [0.15, 0.2) is 0 Å². The minimum atomic E-state index is -0.827. The Hall–Kier alpha value is -1.92. The van der Waals surface area contributed by atoms with Crippen LogP contribution in [-0.2, 0) is 4.79 Å². The molecule has 0 aromatic heterocycles. The monoisotopic (exact) mass is 365 g/mol.